The molecule has 0 saturated carbocycles. The number of aliphatic hydroxyl groups excluding tert-OH is 1. The number of amides is 1. The molecule has 1 amide bonds. The SMILES string of the molecule is C=CC(=O)N1C[C@H](C)N(c2nc(=O)n3c4c(c(-c5c(O)cccc5F)c(Cl)cc24)OC[C@@H]3CO)C[C@H]1C.S. The van der Waals surface area contributed by atoms with Gasteiger partial charge < -0.3 is 24.7 Å². The van der Waals surface area contributed by atoms with Gasteiger partial charge in [-0.15, -0.1) is 0 Å². The van der Waals surface area contributed by atoms with E-state index >= 15 is 0 Å². The molecular formula is C26H28ClFN4O5S. The van der Waals surface area contributed by atoms with E-state index in [2.05, 4.69) is 11.6 Å². The number of carbonyl (C=O) groups is 1. The predicted molar refractivity (Wildman–Crippen MR) is 148 cm³/mol. The minimum absolute atomic E-state index is 0. The lowest BCUT2D eigenvalue weighted by molar-refractivity contribution is -0.128. The first kappa shape index (κ1) is 27.7. The van der Waals surface area contributed by atoms with Crippen molar-refractivity contribution in [2.75, 3.05) is 31.2 Å². The van der Waals surface area contributed by atoms with Crippen molar-refractivity contribution in [1.29, 1.82) is 0 Å². The van der Waals surface area contributed by atoms with Crippen LogP contribution in [0.4, 0.5) is 10.2 Å². The van der Waals surface area contributed by atoms with Crippen LogP contribution in [0.25, 0.3) is 22.0 Å². The molecule has 2 aromatic carbocycles. The Bertz CT molecular complexity index is 1480. The zero-order chi connectivity index (χ0) is 26.6. The smallest absolute Gasteiger partial charge is 0.350 e. The van der Waals surface area contributed by atoms with E-state index in [9.17, 15) is 24.2 Å². The van der Waals surface area contributed by atoms with Gasteiger partial charge in [-0.1, -0.05) is 24.2 Å². The Morgan fingerprint density at radius 3 is 2.68 bits per heavy atom. The maximum Gasteiger partial charge on any atom is 0.350 e. The number of nitrogens with zero attached hydrogens (tertiary/aromatic N) is 4. The molecule has 3 atom stereocenters. The molecule has 1 fully saturated rings. The van der Waals surface area contributed by atoms with Gasteiger partial charge in [0.25, 0.3) is 0 Å². The molecule has 0 aliphatic carbocycles. The van der Waals surface area contributed by atoms with E-state index in [1.807, 2.05) is 18.7 Å². The largest absolute Gasteiger partial charge is 0.507 e. The number of benzene rings is 2. The first-order chi connectivity index (χ1) is 17.7. The molecule has 0 bridgehead atoms. The van der Waals surface area contributed by atoms with Gasteiger partial charge in [0, 0.05) is 30.6 Å². The van der Waals surface area contributed by atoms with Crippen molar-refractivity contribution in [2.45, 2.75) is 32.0 Å². The van der Waals surface area contributed by atoms with E-state index in [0.29, 0.717) is 29.8 Å². The molecule has 38 heavy (non-hydrogen) atoms. The Balaban J connectivity index is 0.00000336. The van der Waals surface area contributed by atoms with Gasteiger partial charge in [0.15, 0.2) is 5.75 Å². The molecule has 5 rings (SSSR count). The number of rotatable bonds is 4. The van der Waals surface area contributed by atoms with Gasteiger partial charge in [-0.3, -0.25) is 9.36 Å². The summed E-state index contributed by atoms with van der Waals surface area (Å²) in [6.07, 6.45) is 1.28. The molecule has 202 valence electrons. The van der Waals surface area contributed by atoms with E-state index in [1.54, 1.807) is 11.0 Å². The monoisotopic (exact) mass is 562 g/mol. The lowest BCUT2D eigenvalue weighted by atomic mass is 9.98. The second kappa shape index (κ2) is 10.5. The summed E-state index contributed by atoms with van der Waals surface area (Å²) < 4.78 is 22.3. The highest BCUT2D eigenvalue weighted by molar-refractivity contribution is 7.59. The van der Waals surface area contributed by atoms with E-state index in [4.69, 9.17) is 16.3 Å². The number of aromatic nitrogens is 2. The Hall–Kier alpha value is -3.28. The average Bonchev–Trinajstić information content (AvgIpc) is 2.87. The maximum absolute atomic E-state index is 14.9. The molecule has 0 radical (unpaired) electrons. The van der Waals surface area contributed by atoms with Crippen LogP contribution in [-0.2, 0) is 4.79 Å². The fraction of sp³-hybridized carbons (Fsp3) is 0.346. The maximum atomic E-state index is 14.9. The summed E-state index contributed by atoms with van der Waals surface area (Å²) in [6, 6.07) is 4.35. The second-order valence-electron chi connectivity index (χ2n) is 9.37. The molecule has 3 heterocycles. The highest BCUT2D eigenvalue weighted by atomic mass is 35.5. The van der Waals surface area contributed by atoms with Crippen molar-refractivity contribution in [3.63, 3.8) is 0 Å². The van der Waals surface area contributed by atoms with Crippen LogP contribution in [0, 0.1) is 5.82 Å². The summed E-state index contributed by atoms with van der Waals surface area (Å²) in [5.74, 6) is -0.760. The Kier molecular flexibility index (Phi) is 7.64. The molecule has 9 nitrogen and oxygen atoms in total. The third-order valence-electron chi connectivity index (χ3n) is 7.05. The van der Waals surface area contributed by atoms with Crippen LogP contribution in [0.2, 0.25) is 5.02 Å². The number of aromatic hydroxyl groups is 1. The number of ether oxygens (including phenoxy) is 1. The summed E-state index contributed by atoms with van der Waals surface area (Å²) in [4.78, 5) is 33.7. The Morgan fingerprint density at radius 2 is 2.03 bits per heavy atom. The van der Waals surface area contributed by atoms with E-state index in [1.165, 1.54) is 28.8 Å². The molecule has 1 aromatic heterocycles. The topological polar surface area (TPSA) is 108 Å². The van der Waals surface area contributed by atoms with Gasteiger partial charge in [-0.05, 0) is 38.1 Å². The van der Waals surface area contributed by atoms with Crippen LogP contribution >= 0.6 is 25.1 Å². The average molecular weight is 563 g/mol. The Labute approximate surface area is 230 Å². The van der Waals surface area contributed by atoms with Crippen molar-refractivity contribution >= 4 is 47.7 Å². The van der Waals surface area contributed by atoms with Crippen molar-refractivity contribution in [2.24, 2.45) is 0 Å². The molecular weight excluding hydrogens is 535 g/mol. The fourth-order valence-corrected chi connectivity index (χ4v) is 5.54. The van der Waals surface area contributed by atoms with Crippen molar-refractivity contribution in [3.8, 4) is 22.6 Å². The summed E-state index contributed by atoms with van der Waals surface area (Å²) in [6.45, 7) is 7.71. The van der Waals surface area contributed by atoms with Crippen LogP contribution in [0.1, 0.15) is 19.9 Å². The number of hydrogen-bond donors (Lipinski definition) is 2. The molecule has 2 aliphatic heterocycles. The van der Waals surface area contributed by atoms with Crippen LogP contribution in [0.3, 0.4) is 0 Å². The standard InChI is InChI=1S/C26H26ClFN4O5.H2S/c1-4-20(35)30-9-14(3)31(10-13(30)2)25-16-8-17(27)21(22-18(28)6-5-7-19(22)34)24-23(16)32(26(36)29-25)15(11-33)12-37-24;/h4-8,13-15,33-34H,1,9-12H2,2-3H3;1H2/t13-,14+,15+;/m1./s1. The van der Waals surface area contributed by atoms with Crippen LogP contribution in [0.15, 0.2) is 41.7 Å². The molecule has 12 heteroatoms. The van der Waals surface area contributed by atoms with Gasteiger partial charge in [-0.2, -0.15) is 18.5 Å². The van der Waals surface area contributed by atoms with Gasteiger partial charge >= 0.3 is 5.69 Å². The molecule has 2 N–H and O–H groups in total. The Morgan fingerprint density at radius 1 is 1.29 bits per heavy atom. The van der Waals surface area contributed by atoms with Crippen LogP contribution in [0.5, 0.6) is 11.5 Å². The molecule has 3 aromatic rings. The highest BCUT2D eigenvalue weighted by Gasteiger charge is 2.36. The zero-order valence-electron chi connectivity index (χ0n) is 20.8. The van der Waals surface area contributed by atoms with Crippen molar-refractivity contribution in [1.82, 2.24) is 14.5 Å². The van der Waals surface area contributed by atoms with Gasteiger partial charge in [0.2, 0.25) is 5.91 Å². The van der Waals surface area contributed by atoms with Crippen LogP contribution in [-0.4, -0.2) is 69.0 Å². The summed E-state index contributed by atoms with van der Waals surface area (Å²) in [5, 5.41) is 21.0. The molecule has 0 spiro atoms. The number of aliphatic hydroxyl groups is 1. The number of halogens is 2. The third-order valence-corrected chi connectivity index (χ3v) is 7.35. The molecule has 0 unspecified atom stereocenters. The fourth-order valence-electron chi connectivity index (χ4n) is 5.25. The van der Waals surface area contributed by atoms with Crippen molar-refractivity contribution in [3.05, 3.63) is 58.2 Å². The summed E-state index contributed by atoms with van der Waals surface area (Å²) >= 11 is 6.71. The number of phenolic OH excluding ortho intramolecular Hbond substituents is 1. The normalized spacial score (nSPS) is 20.6. The van der Waals surface area contributed by atoms with Crippen molar-refractivity contribution < 1.29 is 24.1 Å². The van der Waals surface area contributed by atoms with E-state index in [0.717, 1.165) is 0 Å². The first-order valence-electron chi connectivity index (χ1n) is 11.9. The third kappa shape index (κ3) is 4.28. The van der Waals surface area contributed by atoms with Crippen LogP contribution < -0.4 is 15.3 Å². The number of piperazine rings is 1. The van der Waals surface area contributed by atoms with E-state index < -0.39 is 17.5 Å². The second-order valence-corrected chi connectivity index (χ2v) is 9.78. The highest BCUT2D eigenvalue weighted by Crippen LogP contribution is 2.49. The van der Waals surface area contributed by atoms with Gasteiger partial charge in [0.05, 0.1) is 34.3 Å². The quantitative estimate of drug-likeness (QED) is 0.470. The number of anilines is 1. The zero-order valence-corrected chi connectivity index (χ0v) is 22.6. The number of phenols is 1. The number of carbonyl (C=O) groups excluding carboxylic acids is 1. The lowest BCUT2D eigenvalue weighted by Crippen LogP contribution is -2.58. The minimum Gasteiger partial charge on any atom is -0.507 e. The lowest BCUT2D eigenvalue weighted by Gasteiger charge is -2.44. The minimum atomic E-state index is -0.717. The first-order valence-corrected chi connectivity index (χ1v) is 12.3. The molecule has 1 saturated heterocycles. The summed E-state index contributed by atoms with van der Waals surface area (Å²) in [7, 11) is 0. The van der Waals surface area contributed by atoms with E-state index in [-0.39, 0.29) is 72.3 Å². The predicted octanol–water partition coefficient (Wildman–Crippen LogP) is 3.21. The van der Waals surface area contributed by atoms with Gasteiger partial charge in [-0.25, -0.2) is 9.18 Å². The number of hydrogen-bond acceptors (Lipinski definition) is 7. The molecule has 2 aliphatic rings. The van der Waals surface area contributed by atoms with Gasteiger partial charge in [0.1, 0.15) is 24.0 Å². The summed E-state index contributed by atoms with van der Waals surface area (Å²) in [5.41, 5.74) is -0.356.